The van der Waals surface area contributed by atoms with Gasteiger partial charge in [-0.2, -0.15) is 5.26 Å². The van der Waals surface area contributed by atoms with Gasteiger partial charge in [0.1, 0.15) is 5.54 Å². The second-order valence-electron chi connectivity index (χ2n) is 5.96. The molecule has 1 amide bonds. The SMILES string of the molecule is COc1ccc(CC(=O)N[C@@](C)(C#N)CC(C)C)cc1OC. The second-order valence-corrected chi connectivity index (χ2v) is 5.96. The predicted octanol–water partition coefficient (Wildman–Crippen LogP) is 2.69. The molecular weight excluding hydrogens is 280 g/mol. The molecule has 0 aliphatic carbocycles. The highest BCUT2D eigenvalue weighted by Gasteiger charge is 2.27. The molecule has 0 bridgehead atoms. The van der Waals surface area contributed by atoms with Crippen molar-refractivity contribution in [2.45, 2.75) is 39.2 Å². The Balaban J connectivity index is 2.79. The number of nitriles is 1. The molecule has 1 aromatic rings. The van der Waals surface area contributed by atoms with Crippen LogP contribution in [0.25, 0.3) is 0 Å². The topological polar surface area (TPSA) is 71.3 Å². The number of ether oxygens (including phenoxy) is 2. The third-order valence-corrected chi connectivity index (χ3v) is 3.29. The van der Waals surface area contributed by atoms with Gasteiger partial charge in [-0.1, -0.05) is 19.9 Å². The summed E-state index contributed by atoms with van der Waals surface area (Å²) in [5.41, 5.74) is -0.0399. The zero-order valence-electron chi connectivity index (χ0n) is 13.9. The third kappa shape index (κ3) is 4.96. The van der Waals surface area contributed by atoms with Gasteiger partial charge in [0.05, 0.1) is 26.7 Å². The molecule has 5 heteroatoms. The summed E-state index contributed by atoms with van der Waals surface area (Å²) in [6, 6.07) is 7.53. The molecule has 1 rings (SSSR count). The fraction of sp³-hybridized carbons (Fsp3) is 0.529. The number of carbonyl (C=O) groups is 1. The quantitative estimate of drug-likeness (QED) is 0.840. The number of amides is 1. The van der Waals surface area contributed by atoms with Crippen molar-refractivity contribution < 1.29 is 14.3 Å². The molecule has 0 saturated carbocycles. The Kier molecular flexibility index (Phi) is 6.24. The fourth-order valence-corrected chi connectivity index (χ4v) is 2.47. The van der Waals surface area contributed by atoms with E-state index in [1.807, 2.05) is 19.9 Å². The van der Waals surface area contributed by atoms with Gasteiger partial charge in [-0.3, -0.25) is 4.79 Å². The largest absolute Gasteiger partial charge is 0.493 e. The van der Waals surface area contributed by atoms with Crippen LogP contribution in [0.2, 0.25) is 0 Å². The molecule has 0 spiro atoms. The second kappa shape index (κ2) is 7.69. The lowest BCUT2D eigenvalue weighted by Gasteiger charge is -2.25. The van der Waals surface area contributed by atoms with E-state index < -0.39 is 5.54 Å². The van der Waals surface area contributed by atoms with Crippen molar-refractivity contribution >= 4 is 5.91 Å². The van der Waals surface area contributed by atoms with Crippen LogP contribution in [-0.2, 0) is 11.2 Å². The molecule has 0 aliphatic rings. The Labute approximate surface area is 132 Å². The third-order valence-electron chi connectivity index (χ3n) is 3.29. The Hall–Kier alpha value is -2.22. The van der Waals surface area contributed by atoms with Crippen LogP contribution in [0.15, 0.2) is 18.2 Å². The van der Waals surface area contributed by atoms with E-state index in [-0.39, 0.29) is 12.3 Å². The maximum Gasteiger partial charge on any atom is 0.225 e. The molecule has 1 atom stereocenters. The van der Waals surface area contributed by atoms with Gasteiger partial charge >= 0.3 is 0 Å². The number of carbonyl (C=O) groups excluding carboxylic acids is 1. The van der Waals surface area contributed by atoms with Crippen molar-refractivity contribution in [3.63, 3.8) is 0 Å². The van der Waals surface area contributed by atoms with Gasteiger partial charge in [-0.15, -0.1) is 0 Å². The number of benzene rings is 1. The molecule has 22 heavy (non-hydrogen) atoms. The van der Waals surface area contributed by atoms with Crippen molar-refractivity contribution in [2.75, 3.05) is 14.2 Å². The summed E-state index contributed by atoms with van der Waals surface area (Å²) in [6.45, 7) is 5.80. The molecule has 1 aromatic carbocycles. The number of hydrogen-bond donors (Lipinski definition) is 1. The van der Waals surface area contributed by atoms with Crippen LogP contribution in [0, 0.1) is 17.2 Å². The first kappa shape index (κ1) is 17.8. The van der Waals surface area contributed by atoms with Crippen LogP contribution in [0.3, 0.4) is 0 Å². The summed E-state index contributed by atoms with van der Waals surface area (Å²) >= 11 is 0. The summed E-state index contributed by atoms with van der Waals surface area (Å²) < 4.78 is 10.4. The summed E-state index contributed by atoms with van der Waals surface area (Å²) in [6.07, 6.45) is 0.802. The zero-order chi connectivity index (χ0) is 16.8. The van der Waals surface area contributed by atoms with E-state index in [1.165, 1.54) is 0 Å². The van der Waals surface area contributed by atoms with Crippen LogP contribution in [0.4, 0.5) is 0 Å². The first-order valence-corrected chi connectivity index (χ1v) is 7.26. The number of nitrogens with one attached hydrogen (secondary N) is 1. The highest BCUT2D eigenvalue weighted by atomic mass is 16.5. The Morgan fingerprint density at radius 2 is 1.95 bits per heavy atom. The summed E-state index contributed by atoms with van der Waals surface area (Å²) in [4.78, 5) is 12.2. The molecule has 0 heterocycles. The fourth-order valence-electron chi connectivity index (χ4n) is 2.47. The number of rotatable bonds is 7. The van der Waals surface area contributed by atoms with E-state index in [9.17, 15) is 10.1 Å². The van der Waals surface area contributed by atoms with Crippen molar-refractivity contribution in [3.05, 3.63) is 23.8 Å². The molecule has 1 N–H and O–H groups in total. The minimum absolute atomic E-state index is 0.183. The molecule has 120 valence electrons. The molecule has 0 saturated heterocycles. The Morgan fingerprint density at radius 3 is 2.45 bits per heavy atom. The van der Waals surface area contributed by atoms with Gasteiger partial charge in [0, 0.05) is 0 Å². The van der Waals surface area contributed by atoms with Crippen molar-refractivity contribution in [3.8, 4) is 17.6 Å². The van der Waals surface area contributed by atoms with Crippen LogP contribution in [0.1, 0.15) is 32.8 Å². The van der Waals surface area contributed by atoms with E-state index in [0.29, 0.717) is 23.8 Å². The molecule has 0 aromatic heterocycles. The summed E-state index contributed by atoms with van der Waals surface area (Å²) in [7, 11) is 3.12. The lowest BCUT2D eigenvalue weighted by atomic mass is 9.92. The zero-order valence-corrected chi connectivity index (χ0v) is 13.9. The van der Waals surface area contributed by atoms with Crippen LogP contribution < -0.4 is 14.8 Å². The van der Waals surface area contributed by atoms with E-state index in [2.05, 4.69) is 11.4 Å². The van der Waals surface area contributed by atoms with E-state index in [4.69, 9.17) is 9.47 Å². The van der Waals surface area contributed by atoms with Gasteiger partial charge in [0.2, 0.25) is 5.91 Å². The molecule has 0 radical (unpaired) electrons. The number of hydrogen-bond acceptors (Lipinski definition) is 4. The Morgan fingerprint density at radius 1 is 1.32 bits per heavy atom. The average Bonchev–Trinajstić information content (AvgIpc) is 2.45. The highest BCUT2D eigenvalue weighted by molar-refractivity contribution is 5.80. The summed E-state index contributed by atoms with van der Waals surface area (Å²) in [5, 5.41) is 12.1. The molecule has 0 unspecified atom stereocenters. The van der Waals surface area contributed by atoms with Gasteiger partial charge < -0.3 is 14.8 Å². The summed E-state index contributed by atoms with van der Waals surface area (Å²) in [5.74, 6) is 1.34. The maximum atomic E-state index is 12.2. The van der Waals surface area contributed by atoms with Crippen molar-refractivity contribution in [1.29, 1.82) is 5.26 Å². The minimum atomic E-state index is -0.845. The molecular formula is C17H24N2O3. The number of methoxy groups -OCH3 is 2. The van der Waals surface area contributed by atoms with Gasteiger partial charge in [0.15, 0.2) is 11.5 Å². The van der Waals surface area contributed by atoms with Gasteiger partial charge in [0.25, 0.3) is 0 Å². The first-order chi connectivity index (χ1) is 10.3. The van der Waals surface area contributed by atoms with E-state index in [0.717, 1.165) is 5.56 Å². The monoisotopic (exact) mass is 304 g/mol. The predicted molar refractivity (Wildman–Crippen MR) is 84.9 cm³/mol. The lowest BCUT2D eigenvalue weighted by Crippen LogP contribution is -2.46. The molecule has 0 fully saturated rings. The Bertz CT molecular complexity index is 564. The normalized spacial score (nSPS) is 13.1. The molecule has 0 aliphatic heterocycles. The van der Waals surface area contributed by atoms with E-state index >= 15 is 0 Å². The first-order valence-electron chi connectivity index (χ1n) is 7.26. The van der Waals surface area contributed by atoms with Crippen LogP contribution in [0.5, 0.6) is 11.5 Å². The van der Waals surface area contributed by atoms with Crippen molar-refractivity contribution in [1.82, 2.24) is 5.32 Å². The highest BCUT2D eigenvalue weighted by Crippen LogP contribution is 2.27. The standard InChI is InChI=1S/C17H24N2O3/c1-12(2)10-17(3,11-18)19-16(20)9-13-6-7-14(21-4)15(8-13)22-5/h6-8,12H,9-10H2,1-5H3,(H,19,20)/t17-/m1/s1. The minimum Gasteiger partial charge on any atom is -0.493 e. The maximum absolute atomic E-state index is 12.2. The van der Waals surface area contributed by atoms with Gasteiger partial charge in [-0.25, -0.2) is 0 Å². The van der Waals surface area contributed by atoms with E-state index in [1.54, 1.807) is 33.3 Å². The van der Waals surface area contributed by atoms with Crippen LogP contribution in [-0.4, -0.2) is 25.7 Å². The van der Waals surface area contributed by atoms with Gasteiger partial charge in [-0.05, 0) is 37.0 Å². The molecule has 5 nitrogen and oxygen atoms in total. The smallest absolute Gasteiger partial charge is 0.225 e. The average molecular weight is 304 g/mol. The van der Waals surface area contributed by atoms with Crippen LogP contribution >= 0.6 is 0 Å². The lowest BCUT2D eigenvalue weighted by molar-refractivity contribution is -0.121. The van der Waals surface area contributed by atoms with Crippen molar-refractivity contribution in [2.24, 2.45) is 5.92 Å². The number of nitrogens with zero attached hydrogens (tertiary/aromatic N) is 1.